The average molecular weight is 292 g/mol. The van der Waals surface area contributed by atoms with Crippen LogP contribution in [0.25, 0.3) is 0 Å². The van der Waals surface area contributed by atoms with Crippen LogP contribution < -0.4 is 4.90 Å². The first kappa shape index (κ1) is 14.3. The molecular weight excluding hydrogens is 271 g/mol. The van der Waals surface area contributed by atoms with E-state index in [2.05, 4.69) is 11.8 Å². The molecule has 0 radical (unpaired) electrons. The predicted molar refractivity (Wildman–Crippen MR) is 78.7 cm³/mol. The van der Waals surface area contributed by atoms with E-state index < -0.39 is 0 Å². The third kappa shape index (κ3) is 2.62. The molecule has 0 atom stereocenters. The minimum absolute atomic E-state index is 0.220. The summed E-state index contributed by atoms with van der Waals surface area (Å²) in [7, 11) is 0. The summed E-state index contributed by atoms with van der Waals surface area (Å²) < 4.78 is 18.2. The topological polar surface area (TPSA) is 32.8 Å². The molecule has 21 heavy (non-hydrogen) atoms. The predicted octanol–water partition coefficient (Wildman–Crippen LogP) is 1.90. The molecule has 0 unspecified atom stereocenters. The molecule has 0 bridgehead atoms. The van der Waals surface area contributed by atoms with E-state index in [4.69, 9.17) is 4.74 Å². The molecule has 0 saturated carbocycles. The Kier molecular flexibility index (Phi) is 3.85. The number of amides is 1. The Morgan fingerprint density at radius 2 is 1.81 bits per heavy atom. The van der Waals surface area contributed by atoms with Crippen LogP contribution in [0.2, 0.25) is 0 Å². The Bertz CT molecular complexity index is 500. The van der Waals surface area contributed by atoms with Crippen molar-refractivity contribution in [3.8, 4) is 0 Å². The Hall–Kier alpha value is -1.62. The van der Waals surface area contributed by atoms with Crippen LogP contribution in [0.5, 0.6) is 0 Å². The van der Waals surface area contributed by atoms with Crippen molar-refractivity contribution in [2.24, 2.45) is 5.41 Å². The zero-order valence-electron chi connectivity index (χ0n) is 12.3. The molecule has 0 aliphatic carbocycles. The van der Waals surface area contributed by atoms with E-state index in [0.29, 0.717) is 13.2 Å². The molecule has 2 aliphatic heterocycles. The number of carbonyl (C=O) groups is 1. The second-order valence-corrected chi connectivity index (χ2v) is 5.88. The van der Waals surface area contributed by atoms with E-state index in [9.17, 15) is 9.18 Å². The van der Waals surface area contributed by atoms with Gasteiger partial charge in [-0.2, -0.15) is 0 Å². The summed E-state index contributed by atoms with van der Waals surface area (Å²) in [4.78, 5) is 16.7. The van der Waals surface area contributed by atoms with Crippen LogP contribution in [0.15, 0.2) is 24.3 Å². The Morgan fingerprint density at radius 1 is 1.19 bits per heavy atom. The van der Waals surface area contributed by atoms with Crippen LogP contribution in [-0.4, -0.2) is 50.2 Å². The lowest BCUT2D eigenvalue weighted by Crippen LogP contribution is -2.59. The van der Waals surface area contributed by atoms with Gasteiger partial charge < -0.3 is 14.5 Å². The van der Waals surface area contributed by atoms with Crippen molar-refractivity contribution in [2.45, 2.75) is 13.3 Å². The largest absolute Gasteiger partial charge is 0.379 e. The Morgan fingerprint density at radius 3 is 2.29 bits per heavy atom. The molecular formula is C16H21FN2O2. The summed E-state index contributed by atoms with van der Waals surface area (Å²) in [6, 6.07) is 6.54. The lowest BCUT2D eigenvalue weighted by molar-refractivity contribution is -0.173. The summed E-state index contributed by atoms with van der Waals surface area (Å²) in [5.41, 5.74) is 0.735. The number of rotatable bonds is 3. The maximum absolute atomic E-state index is 13.0. The molecule has 3 rings (SSSR count). The zero-order chi connectivity index (χ0) is 14.9. The fourth-order valence-electron chi connectivity index (χ4n) is 2.98. The van der Waals surface area contributed by atoms with Gasteiger partial charge in [0.25, 0.3) is 0 Å². The third-order valence-corrected chi connectivity index (χ3v) is 4.65. The van der Waals surface area contributed by atoms with Crippen molar-refractivity contribution in [3.05, 3.63) is 30.1 Å². The smallest absolute Gasteiger partial charge is 0.233 e. The van der Waals surface area contributed by atoms with Crippen LogP contribution in [0.3, 0.4) is 0 Å². The summed E-state index contributed by atoms with van der Waals surface area (Å²) >= 11 is 0. The second kappa shape index (κ2) is 5.64. The molecule has 2 heterocycles. The van der Waals surface area contributed by atoms with Gasteiger partial charge in [-0.25, -0.2) is 4.39 Å². The standard InChI is InChI=1S/C16H21FN2O2/c1-2-16(11-21-12-16)15(20)19-9-7-18(8-10-19)14-5-3-13(17)4-6-14/h3-6H,2,7-12H2,1H3. The molecule has 2 saturated heterocycles. The van der Waals surface area contributed by atoms with E-state index in [0.717, 1.165) is 38.3 Å². The minimum atomic E-state index is -0.280. The van der Waals surface area contributed by atoms with Gasteiger partial charge in [0.15, 0.2) is 0 Å². The maximum Gasteiger partial charge on any atom is 0.233 e. The van der Waals surface area contributed by atoms with Crippen molar-refractivity contribution < 1.29 is 13.9 Å². The van der Waals surface area contributed by atoms with E-state index in [1.807, 2.05) is 4.90 Å². The summed E-state index contributed by atoms with van der Waals surface area (Å²) in [6.07, 6.45) is 0.837. The van der Waals surface area contributed by atoms with Crippen molar-refractivity contribution in [2.75, 3.05) is 44.3 Å². The van der Waals surface area contributed by atoms with Gasteiger partial charge in [-0.15, -0.1) is 0 Å². The molecule has 0 spiro atoms. The van der Waals surface area contributed by atoms with Gasteiger partial charge >= 0.3 is 0 Å². The van der Waals surface area contributed by atoms with Gasteiger partial charge in [-0.3, -0.25) is 4.79 Å². The molecule has 2 fully saturated rings. The fraction of sp³-hybridized carbons (Fsp3) is 0.562. The van der Waals surface area contributed by atoms with Crippen molar-refractivity contribution in [3.63, 3.8) is 0 Å². The number of ether oxygens (including phenoxy) is 1. The molecule has 1 aromatic carbocycles. The normalized spacial score (nSPS) is 21.0. The highest BCUT2D eigenvalue weighted by Crippen LogP contribution is 2.34. The van der Waals surface area contributed by atoms with E-state index in [1.165, 1.54) is 12.1 Å². The van der Waals surface area contributed by atoms with Gasteiger partial charge in [-0.1, -0.05) is 6.92 Å². The highest BCUT2D eigenvalue weighted by molar-refractivity contribution is 5.84. The molecule has 5 heteroatoms. The maximum atomic E-state index is 13.0. The van der Waals surface area contributed by atoms with Gasteiger partial charge in [0.05, 0.1) is 18.6 Å². The number of piperazine rings is 1. The molecule has 0 N–H and O–H groups in total. The Labute approximate surface area is 124 Å². The van der Waals surface area contributed by atoms with Crippen molar-refractivity contribution in [1.82, 2.24) is 4.90 Å². The number of benzene rings is 1. The molecule has 1 amide bonds. The quantitative estimate of drug-likeness (QED) is 0.853. The van der Waals surface area contributed by atoms with Crippen molar-refractivity contribution >= 4 is 11.6 Å². The number of hydrogen-bond acceptors (Lipinski definition) is 3. The molecule has 1 aromatic rings. The SMILES string of the molecule is CCC1(C(=O)N2CCN(c3ccc(F)cc3)CC2)COC1. The number of carbonyl (C=O) groups excluding carboxylic acids is 1. The fourth-order valence-corrected chi connectivity index (χ4v) is 2.98. The van der Waals surface area contributed by atoms with Crippen LogP contribution in [0, 0.1) is 11.2 Å². The first-order valence-corrected chi connectivity index (χ1v) is 7.52. The molecule has 2 aliphatic rings. The first-order chi connectivity index (χ1) is 10.1. The van der Waals surface area contributed by atoms with Crippen LogP contribution >= 0.6 is 0 Å². The second-order valence-electron chi connectivity index (χ2n) is 5.88. The molecule has 114 valence electrons. The lowest BCUT2D eigenvalue weighted by atomic mass is 9.81. The van der Waals surface area contributed by atoms with Gasteiger partial charge in [0.2, 0.25) is 5.91 Å². The minimum Gasteiger partial charge on any atom is -0.379 e. The molecule has 0 aromatic heterocycles. The number of anilines is 1. The van der Waals surface area contributed by atoms with Gasteiger partial charge in [0, 0.05) is 31.9 Å². The number of halogens is 1. The zero-order valence-corrected chi connectivity index (χ0v) is 12.3. The highest BCUT2D eigenvalue weighted by atomic mass is 19.1. The lowest BCUT2D eigenvalue weighted by Gasteiger charge is -2.45. The summed E-state index contributed by atoms with van der Waals surface area (Å²) in [6.45, 7) is 6.18. The summed E-state index contributed by atoms with van der Waals surface area (Å²) in [5, 5.41) is 0. The third-order valence-electron chi connectivity index (χ3n) is 4.65. The van der Waals surface area contributed by atoms with Crippen molar-refractivity contribution in [1.29, 1.82) is 0 Å². The van der Waals surface area contributed by atoms with Crippen LogP contribution in [0.1, 0.15) is 13.3 Å². The van der Waals surface area contributed by atoms with E-state index >= 15 is 0 Å². The van der Waals surface area contributed by atoms with Gasteiger partial charge in [-0.05, 0) is 30.7 Å². The Balaban J connectivity index is 1.60. The average Bonchev–Trinajstić information content (AvgIpc) is 2.48. The molecule has 4 nitrogen and oxygen atoms in total. The van der Waals surface area contributed by atoms with Crippen LogP contribution in [-0.2, 0) is 9.53 Å². The summed E-state index contributed by atoms with van der Waals surface area (Å²) in [5.74, 6) is 0.0115. The monoisotopic (exact) mass is 292 g/mol. The number of hydrogen-bond donors (Lipinski definition) is 0. The number of nitrogens with zero attached hydrogens (tertiary/aromatic N) is 2. The first-order valence-electron chi connectivity index (χ1n) is 7.52. The van der Waals surface area contributed by atoms with E-state index in [1.54, 1.807) is 12.1 Å². The van der Waals surface area contributed by atoms with Gasteiger partial charge in [0.1, 0.15) is 5.82 Å². The van der Waals surface area contributed by atoms with Crippen LogP contribution in [0.4, 0.5) is 10.1 Å². The highest BCUT2D eigenvalue weighted by Gasteiger charge is 2.46. The van der Waals surface area contributed by atoms with E-state index in [-0.39, 0.29) is 17.1 Å².